The Morgan fingerprint density at radius 3 is 2.33 bits per heavy atom. The van der Waals surface area contributed by atoms with Gasteiger partial charge in [0.1, 0.15) is 18.5 Å². The number of carbonyl (C=O) groups is 1. The van der Waals surface area contributed by atoms with Crippen molar-refractivity contribution < 1.29 is 24.5 Å². The highest BCUT2D eigenvalue weighted by molar-refractivity contribution is 5.95. The second-order valence-corrected chi connectivity index (χ2v) is 9.12. The number of carbonyl (C=O) groups excluding carboxylic acids is 1. The number of ether oxygens (including phenoxy) is 2. The lowest BCUT2D eigenvalue weighted by Gasteiger charge is -2.22. The minimum Gasteiger partial charge on any atom is -0.504 e. The first-order valence-corrected chi connectivity index (χ1v) is 12.7. The fraction of sp³-hybridized carbons (Fsp3) is 0.161. The molecule has 0 heterocycles. The minimum atomic E-state index is -0.784. The van der Waals surface area contributed by atoms with Crippen molar-refractivity contribution in [2.24, 2.45) is 5.73 Å². The first-order chi connectivity index (χ1) is 19.3. The molecule has 1 amide bonds. The standard InChI is InChI=1S/C31H32N4O5/c1-39-28-18-23(10-14-27(28)40-19-21-5-3-2-4-6-21)29(35-24-11-8-22(9-12-24)30(32)33)31(38)34-16-15-20-7-13-25(36)26(37)17-20/h2-14,17-18,29,35-37H,15-16,19H2,1H3,(H3,32,33)(H,34,38). The highest BCUT2D eigenvalue weighted by Crippen LogP contribution is 2.32. The van der Waals surface area contributed by atoms with Gasteiger partial charge in [-0.15, -0.1) is 0 Å². The second-order valence-electron chi connectivity index (χ2n) is 9.12. The van der Waals surface area contributed by atoms with E-state index in [-0.39, 0.29) is 23.2 Å². The van der Waals surface area contributed by atoms with E-state index in [4.69, 9.17) is 20.6 Å². The smallest absolute Gasteiger partial charge is 0.247 e. The van der Waals surface area contributed by atoms with Gasteiger partial charge in [0.05, 0.1) is 7.11 Å². The van der Waals surface area contributed by atoms with Crippen LogP contribution in [0.1, 0.15) is 28.3 Å². The molecule has 1 atom stereocenters. The fourth-order valence-corrected chi connectivity index (χ4v) is 4.09. The third-order valence-corrected chi connectivity index (χ3v) is 6.28. The summed E-state index contributed by atoms with van der Waals surface area (Å²) in [5.74, 6) is 0.305. The number of hydrogen-bond donors (Lipinski definition) is 6. The maximum absolute atomic E-state index is 13.4. The van der Waals surface area contributed by atoms with Gasteiger partial charge in [-0.1, -0.05) is 42.5 Å². The van der Waals surface area contributed by atoms with Crippen LogP contribution in [-0.4, -0.2) is 35.6 Å². The zero-order chi connectivity index (χ0) is 28.5. The molecule has 206 valence electrons. The third-order valence-electron chi connectivity index (χ3n) is 6.28. The number of methoxy groups -OCH3 is 1. The number of hydrogen-bond acceptors (Lipinski definition) is 7. The Hall–Kier alpha value is -5.18. The van der Waals surface area contributed by atoms with Crippen molar-refractivity contribution in [1.29, 1.82) is 5.41 Å². The molecule has 0 saturated heterocycles. The van der Waals surface area contributed by atoms with Crippen LogP contribution in [0.25, 0.3) is 0 Å². The summed E-state index contributed by atoms with van der Waals surface area (Å²) in [5, 5.41) is 33.1. The summed E-state index contributed by atoms with van der Waals surface area (Å²) in [7, 11) is 1.55. The molecule has 0 fully saturated rings. The van der Waals surface area contributed by atoms with Gasteiger partial charge in [0, 0.05) is 17.8 Å². The summed E-state index contributed by atoms with van der Waals surface area (Å²) in [4.78, 5) is 13.4. The SMILES string of the molecule is COc1cc(C(Nc2ccc(C(=N)N)cc2)C(=O)NCCc2ccc(O)c(O)c2)ccc1OCc1ccccc1. The molecule has 7 N–H and O–H groups in total. The van der Waals surface area contributed by atoms with Gasteiger partial charge in [-0.25, -0.2) is 0 Å². The van der Waals surface area contributed by atoms with E-state index in [9.17, 15) is 15.0 Å². The minimum absolute atomic E-state index is 0.0445. The Morgan fingerprint density at radius 1 is 0.900 bits per heavy atom. The molecule has 9 nitrogen and oxygen atoms in total. The van der Waals surface area contributed by atoms with Gasteiger partial charge < -0.3 is 36.1 Å². The van der Waals surface area contributed by atoms with Crippen LogP contribution in [-0.2, 0) is 17.8 Å². The number of aromatic hydroxyl groups is 2. The maximum Gasteiger partial charge on any atom is 0.247 e. The summed E-state index contributed by atoms with van der Waals surface area (Å²) in [6, 6.07) is 25.8. The highest BCUT2D eigenvalue weighted by Gasteiger charge is 2.22. The average molecular weight is 541 g/mol. The predicted molar refractivity (Wildman–Crippen MR) is 154 cm³/mol. The molecule has 0 spiro atoms. The Balaban J connectivity index is 1.53. The van der Waals surface area contributed by atoms with Gasteiger partial charge in [0.25, 0.3) is 0 Å². The van der Waals surface area contributed by atoms with E-state index in [0.717, 1.165) is 11.1 Å². The quantitative estimate of drug-likeness (QED) is 0.0881. The van der Waals surface area contributed by atoms with Crippen LogP contribution in [0.2, 0.25) is 0 Å². The monoisotopic (exact) mass is 540 g/mol. The molecule has 4 rings (SSSR count). The van der Waals surface area contributed by atoms with Crippen LogP contribution in [0.15, 0.2) is 91.0 Å². The van der Waals surface area contributed by atoms with Crippen molar-refractivity contribution in [3.05, 3.63) is 113 Å². The topological polar surface area (TPSA) is 150 Å². The fourth-order valence-electron chi connectivity index (χ4n) is 4.09. The molecule has 0 radical (unpaired) electrons. The van der Waals surface area contributed by atoms with Crippen molar-refractivity contribution in [3.8, 4) is 23.0 Å². The summed E-state index contributed by atoms with van der Waals surface area (Å²) < 4.78 is 11.6. The molecule has 0 aromatic heterocycles. The van der Waals surface area contributed by atoms with Gasteiger partial charge in [-0.05, 0) is 71.6 Å². The molecule has 4 aromatic carbocycles. The van der Waals surface area contributed by atoms with Crippen molar-refractivity contribution in [2.75, 3.05) is 19.0 Å². The molecule has 4 aromatic rings. The Labute approximate surface area is 232 Å². The number of benzene rings is 4. The average Bonchev–Trinajstić information content (AvgIpc) is 2.97. The van der Waals surface area contributed by atoms with Crippen molar-refractivity contribution >= 4 is 17.4 Å². The van der Waals surface area contributed by atoms with E-state index in [2.05, 4.69) is 10.6 Å². The number of nitrogens with two attached hydrogens (primary N) is 1. The summed E-state index contributed by atoms with van der Waals surface area (Å²) in [5.41, 5.74) is 9.25. The van der Waals surface area contributed by atoms with E-state index in [0.29, 0.717) is 47.9 Å². The summed E-state index contributed by atoms with van der Waals surface area (Å²) >= 11 is 0. The number of phenolic OH excluding ortho intramolecular Hbond substituents is 2. The van der Waals surface area contributed by atoms with Crippen molar-refractivity contribution in [3.63, 3.8) is 0 Å². The van der Waals surface area contributed by atoms with E-state index >= 15 is 0 Å². The van der Waals surface area contributed by atoms with Crippen molar-refractivity contribution in [2.45, 2.75) is 19.1 Å². The first-order valence-electron chi connectivity index (χ1n) is 12.7. The molecule has 0 aliphatic rings. The van der Waals surface area contributed by atoms with Gasteiger partial charge in [-0.3, -0.25) is 10.2 Å². The lowest BCUT2D eigenvalue weighted by Crippen LogP contribution is -2.34. The number of phenols is 2. The number of amides is 1. The lowest BCUT2D eigenvalue weighted by molar-refractivity contribution is -0.121. The van der Waals surface area contributed by atoms with Gasteiger partial charge in [0.15, 0.2) is 23.0 Å². The molecule has 0 bridgehead atoms. The van der Waals surface area contributed by atoms with Crippen LogP contribution < -0.4 is 25.8 Å². The third kappa shape index (κ3) is 7.22. The van der Waals surface area contributed by atoms with Crippen LogP contribution in [0, 0.1) is 5.41 Å². The molecule has 1 unspecified atom stereocenters. The number of nitrogen functional groups attached to an aromatic ring is 1. The molecule has 0 saturated carbocycles. The lowest BCUT2D eigenvalue weighted by atomic mass is 10.0. The molecular weight excluding hydrogens is 508 g/mol. The Bertz CT molecular complexity index is 1460. The van der Waals surface area contributed by atoms with Gasteiger partial charge in [0.2, 0.25) is 5.91 Å². The Kier molecular flexibility index (Phi) is 9.09. The molecule has 9 heteroatoms. The van der Waals surface area contributed by atoms with Gasteiger partial charge >= 0.3 is 0 Å². The zero-order valence-electron chi connectivity index (χ0n) is 22.1. The van der Waals surface area contributed by atoms with Crippen LogP contribution in [0.3, 0.4) is 0 Å². The van der Waals surface area contributed by atoms with E-state index < -0.39 is 6.04 Å². The van der Waals surface area contributed by atoms with Crippen LogP contribution >= 0.6 is 0 Å². The maximum atomic E-state index is 13.4. The molecular formula is C31H32N4O5. The normalized spacial score (nSPS) is 11.3. The number of rotatable bonds is 12. The molecule has 40 heavy (non-hydrogen) atoms. The molecule has 0 aliphatic heterocycles. The first kappa shape index (κ1) is 27.8. The Morgan fingerprint density at radius 2 is 1.65 bits per heavy atom. The van der Waals surface area contributed by atoms with Crippen molar-refractivity contribution in [1.82, 2.24) is 5.32 Å². The number of nitrogens with one attached hydrogen (secondary N) is 3. The largest absolute Gasteiger partial charge is 0.504 e. The summed E-state index contributed by atoms with van der Waals surface area (Å²) in [6.07, 6.45) is 0.454. The predicted octanol–water partition coefficient (Wildman–Crippen LogP) is 4.48. The number of anilines is 1. The van der Waals surface area contributed by atoms with E-state index in [1.807, 2.05) is 36.4 Å². The zero-order valence-corrected chi connectivity index (χ0v) is 22.1. The summed E-state index contributed by atoms with van der Waals surface area (Å²) in [6.45, 7) is 0.675. The molecule has 0 aliphatic carbocycles. The van der Waals surface area contributed by atoms with Gasteiger partial charge in [-0.2, -0.15) is 0 Å². The van der Waals surface area contributed by atoms with Crippen LogP contribution in [0.4, 0.5) is 5.69 Å². The highest BCUT2D eigenvalue weighted by atomic mass is 16.5. The number of amidine groups is 1. The van der Waals surface area contributed by atoms with E-state index in [1.165, 1.54) is 12.1 Å². The second kappa shape index (κ2) is 13.1. The van der Waals surface area contributed by atoms with Crippen LogP contribution in [0.5, 0.6) is 23.0 Å². The van der Waals surface area contributed by atoms with E-state index in [1.54, 1.807) is 49.6 Å².